The van der Waals surface area contributed by atoms with E-state index >= 15 is 0 Å². The standard InChI is InChI=1S/C16H23N3/c1-11-7-12(2)16-13(8-11)14(9-19(16)4)15-10-18(3)6-5-17-15/h7-9,15,17H,5-6,10H2,1-4H3. The van der Waals surface area contributed by atoms with E-state index in [1.165, 1.54) is 27.6 Å². The fraction of sp³-hybridized carbons (Fsp3) is 0.500. The molecule has 1 N–H and O–H groups in total. The number of nitrogens with zero attached hydrogens (tertiary/aromatic N) is 2. The SMILES string of the molecule is Cc1cc(C)c2c(c1)c(C1CN(C)CCN1)cn2C. The summed E-state index contributed by atoms with van der Waals surface area (Å²) in [7, 11) is 4.36. The van der Waals surface area contributed by atoms with E-state index in [1.807, 2.05) is 0 Å². The summed E-state index contributed by atoms with van der Waals surface area (Å²) in [5.41, 5.74) is 5.53. The highest BCUT2D eigenvalue weighted by Crippen LogP contribution is 2.30. The molecule has 1 aliphatic heterocycles. The Labute approximate surface area is 115 Å². The van der Waals surface area contributed by atoms with Gasteiger partial charge in [0.1, 0.15) is 0 Å². The maximum atomic E-state index is 3.66. The lowest BCUT2D eigenvalue weighted by Crippen LogP contribution is -2.43. The van der Waals surface area contributed by atoms with Crippen molar-refractivity contribution in [3.8, 4) is 0 Å². The highest BCUT2D eigenvalue weighted by atomic mass is 15.2. The molecule has 1 aromatic carbocycles. The number of aromatic nitrogens is 1. The minimum absolute atomic E-state index is 0.448. The summed E-state index contributed by atoms with van der Waals surface area (Å²) >= 11 is 0. The molecular formula is C16H23N3. The summed E-state index contributed by atoms with van der Waals surface area (Å²) in [6, 6.07) is 5.05. The Kier molecular flexibility index (Phi) is 3.11. The van der Waals surface area contributed by atoms with Gasteiger partial charge >= 0.3 is 0 Å². The molecule has 19 heavy (non-hydrogen) atoms. The first-order valence-corrected chi connectivity index (χ1v) is 7.04. The van der Waals surface area contributed by atoms with Crippen LogP contribution in [0.2, 0.25) is 0 Å². The molecule has 0 bridgehead atoms. The zero-order chi connectivity index (χ0) is 13.6. The molecule has 1 saturated heterocycles. The molecule has 1 fully saturated rings. The Morgan fingerprint density at radius 1 is 1.21 bits per heavy atom. The molecule has 2 heterocycles. The first-order chi connectivity index (χ1) is 9.06. The molecule has 2 aromatic rings. The van der Waals surface area contributed by atoms with E-state index < -0.39 is 0 Å². The molecule has 0 amide bonds. The minimum Gasteiger partial charge on any atom is -0.350 e. The summed E-state index contributed by atoms with van der Waals surface area (Å²) in [5.74, 6) is 0. The normalized spacial score (nSPS) is 21.2. The fourth-order valence-electron chi connectivity index (χ4n) is 3.37. The average molecular weight is 257 g/mol. The van der Waals surface area contributed by atoms with Crippen LogP contribution in [0.3, 0.4) is 0 Å². The van der Waals surface area contributed by atoms with Gasteiger partial charge in [-0.05, 0) is 38.1 Å². The second-order valence-corrected chi connectivity index (χ2v) is 5.94. The monoisotopic (exact) mass is 257 g/mol. The third kappa shape index (κ3) is 2.17. The van der Waals surface area contributed by atoms with Crippen LogP contribution in [0.4, 0.5) is 0 Å². The highest BCUT2D eigenvalue weighted by Gasteiger charge is 2.22. The van der Waals surface area contributed by atoms with Gasteiger partial charge in [0.25, 0.3) is 0 Å². The van der Waals surface area contributed by atoms with E-state index in [4.69, 9.17) is 0 Å². The molecule has 102 valence electrons. The summed E-state index contributed by atoms with van der Waals surface area (Å²) in [6.07, 6.45) is 2.30. The topological polar surface area (TPSA) is 20.2 Å². The fourth-order valence-corrected chi connectivity index (χ4v) is 3.37. The largest absolute Gasteiger partial charge is 0.350 e. The smallest absolute Gasteiger partial charge is 0.0511 e. The Balaban J connectivity index is 2.13. The lowest BCUT2D eigenvalue weighted by molar-refractivity contribution is 0.241. The number of aryl methyl sites for hydroxylation is 3. The van der Waals surface area contributed by atoms with Gasteiger partial charge in [-0.3, -0.25) is 0 Å². The summed E-state index contributed by atoms with van der Waals surface area (Å²) < 4.78 is 2.27. The quantitative estimate of drug-likeness (QED) is 0.846. The van der Waals surface area contributed by atoms with Crippen molar-refractivity contribution in [1.29, 1.82) is 0 Å². The van der Waals surface area contributed by atoms with Crippen molar-refractivity contribution in [2.75, 3.05) is 26.7 Å². The number of fused-ring (bicyclic) bond motifs is 1. The summed E-state index contributed by atoms with van der Waals surface area (Å²) in [5, 5.41) is 5.07. The molecule has 3 nitrogen and oxygen atoms in total. The number of benzene rings is 1. The van der Waals surface area contributed by atoms with Crippen LogP contribution in [-0.2, 0) is 7.05 Å². The van der Waals surface area contributed by atoms with Gasteiger partial charge in [0.05, 0.1) is 5.52 Å². The molecule has 3 heteroatoms. The Morgan fingerprint density at radius 3 is 2.74 bits per heavy atom. The van der Waals surface area contributed by atoms with Crippen molar-refractivity contribution in [3.05, 3.63) is 35.0 Å². The van der Waals surface area contributed by atoms with E-state index in [0.717, 1.165) is 19.6 Å². The Morgan fingerprint density at radius 2 is 2.00 bits per heavy atom. The van der Waals surface area contributed by atoms with Crippen LogP contribution in [0, 0.1) is 13.8 Å². The number of piperazine rings is 1. The second-order valence-electron chi connectivity index (χ2n) is 5.94. The van der Waals surface area contributed by atoms with E-state index in [2.05, 4.69) is 61.1 Å². The molecule has 0 spiro atoms. The van der Waals surface area contributed by atoms with Gasteiger partial charge in [0, 0.05) is 44.3 Å². The van der Waals surface area contributed by atoms with Gasteiger partial charge in [-0.2, -0.15) is 0 Å². The van der Waals surface area contributed by atoms with Gasteiger partial charge in [0.15, 0.2) is 0 Å². The summed E-state index contributed by atoms with van der Waals surface area (Å²) in [4.78, 5) is 2.41. The van der Waals surface area contributed by atoms with Crippen LogP contribution in [0.5, 0.6) is 0 Å². The van der Waals surface area contributed by atoms with Crippen LogP contribution in [0.15, 0.2) is 18.3 Å². The molecule has 1 unspecified atom stereocenters. The first-order valence-electron chi connectivity index (χ1n) is 7.04. The Hall–Kier alpha value is -1.32. The zero-order valence-electron chi connectivity index (χ0n) is 12.3. The highest BCUT2D eigenvalue weighted by molar-refractivity contribution is 5.88. The number of hydrogen-bond donors (Lipinski definition) is 1. The average Bonchev–Trinajstić information content (AvgIpc) is 2.66. The number of hydrogen-bond acceptors (Lipinski definition) is 2. The predicted molar refractivity (Wildman–Crippen MR) is 80.6 cm³/mol. The van der Waals surface area contributed by atoms with Gasteiger partial charge in [-0.15, -0.1) is 0 Å². The number of rotatable bonds is 1. The second kappa shape index (κ2) is 4.66. The molecular weight excluding hydrogens is 234 g/mol. The van der Waals surface area contributed by atoms with Crippen molar-refractivity contribution in [2.24, 2.45) is 7.05 Å². The van der Waals surface area contributed by atoms with E-state index in [0.29, 0.717) is 6.04 Å². The zero-order valence-corrected chi connectivity index (χ0v) is 12.3. The lowest BCUT2D eigenvalue weighted by atomic mass is 10.0. The molecule has 1 aliphatic rings. The van der Waals surface area contributed by atoms with Crippen LogP contribution < -0.4 is 5.32 Å². The van der Waals surface area contributed by atoms with Crippen LogP contribution >= 0.6 is 0 Å². The van der Waals surface area contributed by atoms with Crippen LogP contribution in [0.1, 0.15) is 22.7 Å². The van der Waals surface area contributed by atoms with Gasteiger partial charge in [0.2, 0.25) is 0 Å². The van der Waals surface area contributed by atoms with Crippen molar-refractivity contribution >= 4 is 10.9 Å². The molecule has 0 saturated carbocycles. The molecule has 1 aromatic heterocycles. The van der Waals surface area contributed by atoms with Crippen LogP contribution in [-0.4, -0.2) is 36.1 Å². The van der Waals surface area contributed by atoms with Gasteiger partial charge in [-0.1, -0.05) is 11.6 Å². The van der Waals surface area contributed by atoms with E-state index in [9.17, 15) is 0 Å². The molecule has 0 aliphatic carbocycles. The first kappa shape index (κ1) is 12.7. The van der Waals surface area contributed by atoms with Crippen molar-refractivity contribution in [3.63, 3.8) is 0 Å². The Bertz CT molecular complexity index is 612. The summed E-state index contributed by atoms with van der Waals surface area (Å²) in [6.45, 7) is 7.69. The third-order valence-corrected chi connectivity index (χ3v) is 4.20. The van der Waals surface area contributed by atoms with Gasteiger partial charge in [-0.25, -0.2) is 0 Å². The predicted octanol–water partition coefficient (Wildman–Crippen LogP) is 2.37. The molecule has 0 radical (unpaired) electrons. The molecule has 3 rings (SSSR count). The van der Waals surface area contributed by atoms with Crippen molar-refractivity contribution in [2.45, 2.75) is 19.9 Å². The lowest BCUT2D eigenvalue weighted by Gasteiger charge is -2.30. The number of likely N-dealkylation sites (N-methyl/N-ethyl adjacent to an activating group) is 1. The van der Waals surface area contributed by atoms with E-state index in [-0.39, 0.29) is 0 Å². The molecule has 1 atom stereocenters. The van der Waals surface area contributed by atoms with Crippen LogP contribution in [0.25, 0.3) is 10.9 Å². The van der Waals surface area contributed by atoms with Crippen molar-refractivity contribution in [1.82, 2.24) is 14.8 Å². The maximum absolute atomic E-state index is 3.66. The maximum Gasteiger partial charge on any atom is 0.0511 e. The van der Waals surface area contributed by atoms with Crippen molar-refractivity contribution < 1.29 is 0 Å². The van der Waals surface area contributed by atoms with E-state index in [1.54, 1.807) is 0 Å². The minimum atomic E-state index is 0.448. The third-order valence-electron chi connectivity index (χ3n) is 4.20. The van der Waals surface area contributed by atoms with Gasteiger partial charge < -0.3 is 14.8 Å². The number of nitrogens with one attached hydrogen (secondary N) is 1.